The summed E-state index contributed by atoms with van der Waals surface area (Å²) in [5, 5.41) is 2.74. The molecule has 5 heteroatoms. The SMILES string of the molecule is CSc1cccc(NC(=O)[C@@H](C)N)c1.Cl. The number of carbonyl (C=O) groups is 1. The molecule has 0 heterocycles. The predicted molar refractivity (Wildman–Crippen MR) is 67.8 cm³/mol. The van der Waals surface area contributed by atoms with Crippen LogP contribution in [-0.2, 0) is 4.79 Å². The molecule has 1 amide bonds. The number of anilines is 1. The fourth-order valence-electron chi connectivity index (χ4n) is 0.957. The smallest absolute Gasteiger partial charge is 0.240 e. The third-order valence-corrected chi connectivity index (χ3v) is 2.48. The number of nitrogens with one attached hydrogen (secondary N) is 1. The summed E-state index contributed by atoms with van der Waals surface area (Å²) in [5.41, 5.74) is 6.23. The van der Waals surface area contributed by atoms with E-state index >= 15 is 0 Å². The van der Waals surface area contributed by atoms with E-state index in [1.54, 1.807) is 18.7 Å². The van der Waals surface area contributed by atoms with Gasteiger partial charge in [0.2, 0.25) is 5.91 Å². The Kier molecular flexibility index (Phi) is 6.40. The molecule has 0 bridgehead atoms. The van der Waals surface area contributed by atoms with Gasteiger partial charge in [0.25, 0.3) is 0 Å². The quantitative estimate of drug-likeness (QED) is 0.804. The van der Waals surface area contributed by atoms with E-state index in [0.29, 0.717) is 0 Å². The number of thioether (sulfide) groups is 1. The zero-order valence-corrected chi connectivity index (χ0v) is 10.3. The Bertz CT molecular complexity index is 331. The first kappa shape index (κ1) is 14.3. The van der Waals surface area contributed by atoms with Gasteiger partial charge in [0.1, 0.15) is 0 Å². The van der Waals surface area contributed by atoms with Crippen LogP contribution in [-0.4, -0.2) is 18.2 Å². The van der Waals surface area contributed by atoms with Crippen LogP contribution in [0.25, 0.3) is 0 Å². The van der Waals surface area contributed by atoms with E-state index in [1.165, 1.54) is 0 Å². The number of hydrogen-bond donors (Lipinski definition) is 2. The number of carbonyl (C=O) groups excluding carboxylic acids is 1. The van der Waals surface area contributed by atoms with Gasteiger partial charge < -0.3 is 11.1 Å². The molecule has 1 atom stereocenters. The van der Waals surface area contributed by atoms with Gasteiger partial charge in [-0.05, 0) is 31.4 Å². The Morgan fingerprint density at radius 1 is 1.53 bits per heavy atom. The number of amides is 1. The lowest BCUT2D eigenvalue weighted by molar-refractivity contribution is -0.117. The fourth-order valence-corrected chi connectivity index (χ4v) is 1.42. The number of hydrogen-bond acceptors (Lipinski definition) is 3. The van der Waals surface area contributed by atoms with Gasteiger partial charge in [0.15, 0.2) is 0 Å². The minimum atomic E-state index is -0.479. The highest BCUT2D eigenvalue weighted by molar-refractivity contribution is 7.98. The van der Waals surface area contributed by atoms with Crippen molar-refractivity contribution in [3.05, 3.63) is 24.3 Å². The average Bonchev–Trinajstić information content (AvgIpc) is 2.18. The Morgan fingerprint density at radius 2 is 2.20 bits per heavy atom. The van der Waals surface area contributed by atoms with Crippen molar-refractivity contribution in [1.82, 2.24) is 0 Å². The van der Waals surface area contributed by atoms with Crippen molar-refractivity contribution in [3.63, 3.8) is 0 Å². The van der Waals surface area contributed by atoms with Crippen LogP contribution in [0.3, 0.4) is 0 Å². The van der Waals surface area contributed by atoms with Crippen LogP contribution in [0, 0.1) is 0 Å². The van der Waals surface area contributed by atoms with Crippen molar-refractivity contribution in [3.8, 4) is 0 Å². The second-order valence-corrected chi connectivity index (χ2v) is 3.89. The second kappa shape index (κ2) is 6.71. The van der Waals surface area contributed by atoms with Gasteiger partial charge in [0, 0.05) is 10.6 Å². The van der Waals surface area contributed by atoms with Crippen molar-refractivity contribution in [1.29, 1.82) is 0 Å². The molecule has 0 spiro atoms. The Hall–Kier alpha value is -0.710. The molecule has 0 aliphatic rings. The Labute approximate surface area is 100 Å². The van der Waals surface area contributed by atoms with Crippen molar-refractivity contribution < 1.29 is 4.79 Å². The van der Waals surface area contributed by atoms with Crippen LogP contribution in [0.15, 0.2) is 29.2 Å². The molecule has 0 fully saturated rings. The van der Waals surface area contributed by atoms with Crippen molar-refractivity contribution in [2.75, 3.05) is 11.6 Å². The van der Waals surface area contributed by atoms with Crippen molar-refractivity contribution in [2.45, 2.75) is 17.9 Å². The fraction of sp³-hybridized carbons (Fsp3) is 0.300. The predicted octanol–water partition coefficient (Wildman–Crippen LogP) is 2.12. The highest BCUT2D eigenvalue weighted by Crippen LogP contribution is 2.18. The zero-order chi connectivity index (χ0) is 10.6. The Balaban J connectivity index is 0.00000196. The first-order valence-electron chi connectivity index (χ1n) is 4.34. The summed E-state index contributed by atoms with van der Waals surface area (Å²) in [5.74, 6) is -0.164. The molecule has 0 aliphatic heterocycles. The van der Waals surface area contributed by atoms with E-state index in [0.717, 1.165) is 10.6 Å². The number of benzene rings is 1. The normalized spacial score (nSPS) is 11.4. The summed E-state index contributed by atoms with van der Waals surface area (Å²) < 4.78 is 0. The summed E-state index contributed by atoms with van der Waals surface area (Å²) >= 11 is 1.64. The lowest BCUT2D eigenvalue weighted by atomic mass is 10.3. The van der Waals surface area contributed by atoms with Crippen LogP contribution in [0.2, 0.25) is 0 Å². The molecular formula is C10H15ClN2OS. The highest BCUT2D eigenvalue weighted by Gasteiger charge is 2.06. The zero-order valence-electron chi connectivity index (χ0n) is 8.69. The van der Waals surface area contributed by atoms with Crippen LogP contribution < -0.4 is 11.1 Å². The summed E-state index contributed by atoms with van der Waals surface area (Å²) in [6.07, 6.45) is 1.99. The van der Waals surface area contributed by atoms with Gasteiger partial charge in [0.05, 0.1) is 6.04 Å². The third-order valence-electron chi connectivity index (χ3n) is 1.75. The lowest BCUT2D eigenvalue weighted by Gasteiger charge is -2.08. The van der Waals surface area contributed by atoms with Gasteiger partial charge in [-0.3, -0.25) is 4.79 Å². The largest absolute Gasteiger partial charge is 0.325 e. The molecule has 0 aromatic heterocycles. The van der Waals surface area contributed by atoms with Gasteiger partial charge in [-0.2, -0.15) is 0 Å². The Morgan fingerprint density at radius 3 is 2.73 bits per heavy atom. The molecule has 1 aromatic carbocycles. The van der Waals surface area contributed by atoms with Gasteiger partial charge in [-0.1, -0.05) is 6.07 Å². The van der Waals surface area contributed by atoms with E-state index in [4.69, 9.17) is 5.73 Å². The van der Waals surface area contributed by atoms with Gasteiger partial charge in [-0.25, -0.2) is 0 Å². The molecule has 0 aliphatic carbocycles. The van der Waals surface area contributed by atoms with Crippen LogP contribution in [0.5, 0.6) is 0 Å². The summed E-state index contributed by atoms with van der Waals surface area (Å²) in [6, 6.07) is 7.19. The van der Waals surface area contributed by atoms with E-state index in [1.807, 2.05) is 30.5 Å². The summed E-state index contributed by atoms with van der Waals surface area (Å²) in [6.45, 7) is 1.66. The standard InChI is InChI=1S/C10H14N2OS.ClH/c1-7(11)10(13)12-8-4-3-5-9(6-8)14-2;/h3-7H,11H2,1-2H3,(H,12,13);1H/t7-;/m1./s1. The van der Waals surface area contributed by atoms with E-state index < -0.39 is 6.04 Å². The van der Waals surface area contributed by atoms with Gasteiger partial charge >= 0.3 is 0 Å². The number of rotatable bonds is 3. The second-order valence-electron chi connectivity index (χ2n) is 3.01. The molecule has 0 saturated carbocycles. The monoisotopic (exact) mass is 246 g/mol. The van der Waals surface area contributed by atoms with Crippen LogP contribution >= 0.6 is 24.2 Å². The summed E-state index contributed by atoms with van der Waals surface area (Å²) in [4.78, 5) is 12.4. The summed E-state index contributed by atoms with van der Waals surface area (Å²) in [7, 11) is 0. The first-order valence-corrected chi connectivity index (χ1v) is 5.56. The van der Waals surface area contributed by atoms with Gasteiger partial charge in [-0.15, -0.1) is 24.2 Å². The van der Waals surface area contributed by atoms with Crippen LogP contribution in [0.1, 0.15) is 6.92 Å². The maximum atomic E-state index is 11.3. The third kappa shape index (κ3) is 4.55. The molecule has 1 rings (SSSR count). The lowest BCUT2D eigenvalue weighted by Crippen LogP contribution is -2.32. The molecule has 3 N–H and O–H groups in total. The molecule has 15 heavy (non-hydrogen) atoms. The molecule has 1 aromatic rings. The molecule has 84 valence electrons. The van der Waals surface area contributed by atoms with Crippen molar-refractivity contribution in [2.24, 2.45) is 5.73 Å². The molecule has 0 radical (unpaired) electrons. The highest BCUT2D eigenvalue weighted by atomic mass is 35.5. The van der Waals surface area contributed by atoms with Crippen molar-refractivity contribution >= 4 is 35.8 Å². The number of halogens is 1. The molecule has 0 unspecified atom stereocenters. The first-order chi connectivity index (χ1) is 6.63. The number of nitrogens with two attached hydrogens (primary N) is 1. The molecular weight excluding hydrogens is 232 g/mol. The average molecular weight is 247 g/mol. The van der Waals surface area contributed by atoms with E-state index in [2.05, 4.69) is 5.32 Å². The maximum absolute atomic E-state index is 11.3. The minimum Gasteiger partial charge on any atom is -0.325 e. The topological polar surface area (TPSA) is 55.1 Å². The molecule has 3 nitrogen and oxygen atoms in total. The molecule has 0 saturated heterocycles. The maximum Gasteiger partial charge on any atom is 0.240 e. The van der Waals surface area contributed by atoms with Crippen LogP contribution in [0.4, 0.5) is 5.69 Å². The van der Waals surface area contributed by atoms with E-state index in [-0.39, 0.29) is 18.3 Å². The minimum absolute atomic E-state index is 0. The van der Waals surface area contributed by atoms with E-state index in [9.17, 15) is 4.79 Å².